The second kappa shape index (κ2) is 4.71. The number of rotatable bonds is 2. The molecule has 0 spiro atoms. The molecule has 0 aliphatic carbocycles. The Morgan fingerprint density at radius 3 is 2.43 bits per heavy atom. The number of carboxylic acids is 1. The number of aliphatic hydroxyl groups is 2. The van der Waals surface area contributed by atoms with E-state index in [1.807, 2.05) is 0 Å². The van der Waals surface area contributed by atoms with Gasteiger partial charge < -0.3 is 24.8 Å². The zero-order chi connectivity index (χ0) is 10.9. The standard InChI is InChI=1S/C7H11IO6/c1-13-7-4(10)2(8)3(9)5(14-7)6(11)12/h2-5,7,9-10H,1H3,(H,11,12). The molecule has 0 amide bonds. The van der Waals surface area contributed by atoms with Crippen LogP contribution in [-0.2, 0) is 14.3 Å². The first-order valence-electron chi connectivity index (χ1n) is 3.90. The zero-order valence-electron chi connectivity index (χ0n) is 7.33. The molecular weight excluding hydrogens is 307 g/mol. The van der Waals surface area contributed by atoms with Crippen LogP contribution in [-0.4, -0.2) is 56.9 Å². The van der Waals surface area contributed by atoms with E-state index in [1.165, 1.54) is 7.11 Å². The molecule has 0 aromatic carbocycles. The van der Waals surface area contributed by atoms with E-state index in [0.29, 0.717) is 0 Å². The number of hydrogen-bond acceptors (Lipinski definition) is 5. The lowest BCUT2D eigenvalue weighted by atomic mass is 10.0. The molecule has 1 fully saturated rings. The maximum Gasteiger partial charge on any atom is 0.335 e. The van der Waals surface area contributed by atoms with Gasteiger partial charge in [0.05, 0.1) is 3.92 Å². The number of ether oxygens (including phenoxy) is 2. The first kappa shape index (κ1) is 12.1. The minimum atomic E-state index is -1.36. The Hall–Kier alpha value is 0.0400. The first-order valence-corrected chi connectivity index (χ1v) is 5.15. The van der Waals surface area contributed by atoms with Crippen molar-refractivity contribution in [2.45, 2.75) is 28.5 Å². The van der Waals surface area contributed by atoms with Crippen molar-refractivity contribution in [2.24, 2.45) is 0 Å². The van der Waals surface area contributed by atoms with Gasteiger partial charge in [-0.05, 0) is 0 Å². The minimum absolute atomic E-state index is 0.632. The monoisotopic (exact) mass is 318 g/mol. The summed E-state index contributed by atoms with van der Waals surface area (Å²) in [5.74, 6) is -1.27. The van der Waals surface area contributed by atoms with E-state index in [4.69, 9.17) is 14.6 Å². The molecule has 6 nitrogen and oxygen atoms in total. The molecule has 1 heterocycles. The summed E-state index contributed by atoms with van der Waals surface area (Å²) in [5.41, 5.74) is 0. The van der Waals surface area contributed by atoms with Gasteiger partial charge >= 0.3 is 5.97 Å². The normalized spacial score (nSPS) is 43.6. The van der Waals surface area contributed by atoms with Crippen molar-refractivity contribution in [1.82, 2.24) is 0 Å². The molecular formula is C7H11IO6. The fraction of sp³-hybridized carbons (Fsp3) is 0.857. The summed E-state index contributed by atoms with van der Waals surface area (Å²) >= 11 is 1.77. The molecule has 5 unspecified atom stereocenters. The van der Waals surface area contributed by atoms with Crippen LogP contribution < -0.4 is 0 Å². The van der Waals surface area contributed by atoms with Gasteiger partial charge in [0.25, 0.3) is 0 Å². The van der Waals surface area contributed by atoms with Crippen LogP contribution in [0.1, 0.15) is 0 Å². The van der Waals surface area contributed by atoms with Crippen LogP contribution in [0, 0.1) is 0 Å². The molecule has 5 atom stereocenters. The summed E-state index contributed by atoms with van der Waals surface area (Å²) in [6.07, 6.45) is -4.65. The van der Waals surface area contributed by atoms with Crippen molar-refractivity contribution >= 4 is 28.6 Å². The van der Waals surface area contributed by atoms with Crippen LogP contribution >= 0.6 is 22.6 Å². The van der Waals surface area contributed by atoms with Crippen molar-refractivity contribution in [2.75, 3.05) is 7.11 Å². The predicted octanol–water partition coefficient (Wildman–Crippen LogP) is -1.03. The van der Waals surface area contributed by atoms with Crippen molar-refractivity contribution in [3.8, 4) is 0 Å². The summed E-state index contributed by atoms with van der Waals surface area (Å²) in [4.78, 5) is 10.7. The number of aliphatic hydroxyl groups excluding tert-OH is 2. The van der Waals surface area contributed by atoms with Crippen LogP contribution in [0.3, 0.4) is 0 Å². The van der Waals surface area contributed by atoms with Crippen molar-refractivity contribution in [3.05, 3.63) is 0 Å². The van der Waals surface area contributed by atoms with Gasteiger partial charge in [0, 0.05) is 7.11 Å². The van der Waals surface area contributed by atoms with Gasteiger partial charge in [-0.3, -0.25) is 0 Å². The summed E-state index contributed by atoms with van der Waals surface area (Å²) in [7, 11) is 1.30. The number of methoxy groups -OCH3 is 1. The molecule has 0 aromatic rings. The van der Waals surface area contributed by atoms with Crippen molar-refractivity contribution in [3.63, 3.8) is 0 Å². The van der Waals surface area contributed by atoms with Gasteiger partial charge in [-0.2, -0.15) is 0 Å². The number of carbonyl (C=O) groups is 1. The van der Waals surface area contributed by atoms with E-state index in [1.54, 1.807) is 22.6 Å². The van der Waals surface area contributed by atoms with Crippen molar-refractivity contribution < 1.29 is 29.6 Å². The van der Waals surface area contributed by atoms with Crippen LogP contribution in [0.2, 0.25) is 0 Å². The lowest BCUT2D eigenvalue weighted by Crippen LogP contribution is -2.57. The second-order valence-electron chi connectivity index (χ2n) is 2.92. The van der Waals surface area contributed by atoms with E-state index >= 15 is 0 Å². The van der Waals surface area contributed by atoms with E-state index in [-0.39, 0.29) is 0 Å². The molecule has 14 heavy (non-hydrogen) atoms. The van der Waals surface area contributed by atoms with E-state index in [0.717, 1.165) is 0 Å². The highest BCUT2D eigenvalue weighted by molar-refractivity contribution is 14.1. The van der Waals surface area contributed by atoms with E-state index in [9.17, 15) is 15.0 Å². The molecule has 0 radical (unpaired) electrons. The van der Waals surface area contributed by atoms with Crippen LogP contribution in [0.15, 0.2) is 0 Å². The third-order valence-electron chi connectivity index (χ3n) is 2.00. The maximum atomic E-state index is 10.7. The number of hydrogen-bond donors (Lipinski definition) is 3. The quantitative estimate of drug-likeness (QED) is 0.445. The Kier molecular flexibility index (Phi) is 4.07. The molecule has 1 aliphatic heterocycles. The Morgan fingerprint density at radius 1 is 1.43 bits per heavy atom. The van der Waals surface area contributed by atoms with Gasteiger partial charge in [0.1, 0.15) is 12.2 Å². The Morgan fingerprint density at radius 2 is 2.00 bits per heavy atom. The number of carboxylic acid groups (broad SMARTS) is 1. The molecule has 0 saturated carbocycles. The van der Waals surface area contributed by atoms with Crippen LogP contribution in [0.25, 0.3) is 0 Å². The topological polar surface area (TPSA) is 96.2 Å². The van der Waals surface area contributed by atoms with E-state index < -0.39 is 34.5 Å². The molecule has 1 saturated heterocycles. The van der Waals surface area contributed by atoms with Gasteiger partial charge in [-0.15, -0.1) is 0 Å². The summed E-state index contributed by atoms with van der Waals surface area (Å²) in [6.45, 7) is 0. The average Bonchev–Trinajstić information content (AvgIpc) is 2.14. The zero-order valence-corrected chi connectivity index (χ0v) is 9.49. The Bertz CT molecular complexity index is 220. The molecule has 7 heteroatoms. The number of alkyl halides is 1. The number of aliphatic carboxylic acids is 1. The summed E-state index contributed by atoms with van der Waals surface area (Å²) < 4.78 is 8.98. The molecule has 3 N–H and O–H groups in total. The van der Waals surface area contributed by atoms with Gasteiger partial charge in [-0.25, -0.2) is 4.79 Å². The Labute approximate surface area is 94.0 Å². The van der Waals surface area contributed by atoms with Gasteiger partial charge in [0.15, 0.2) is 12.4 Å². The fourth-order valence-electron chi connectivity index (χ4n) is 1.22. The lowest BCUT2D eigenvalue weighted by molar-refractivity contribution is -0.251. The highest BCUT2D eigenvalue weighted by atomic mass is 127. The first-order chi connectivity index (χ1) is 6.49. The third-order valence-corrected chi connectivity index (χ3v) is 3.47. The maximum absolute atomic E-state index is 10.7. The minimum Gasteiger partial charge on any atom is -0.479 e. The average molecular weight is 318 g/mol. The third kappa shape index (κ3) is 2.16. The lowest BCUT2D eigenvalue weighted by Gasteiger charge is -2.37. The molecule has 82 valence electrons. The van der Waals surface area contributed by atoms with Gasteiger partial charge in [0.2, 0.25) is 0 Å². The second-order valence-corrected chi connectivity index (χ2v) is 4.36. The Balaban J connectivity index is 2.78. The molecule has 0 bridgehead atoms. The molecule has 1 rings (SSSR count). The van der Waals surface area contributed by atoms with Crippen molar-refractivity contribution in [1.29, 1.82) is 0 Å². The highest BCUT2D eigenvalue weighted by Crippen LogP contribution is 2.27. The summed E-state index contributed by atoms with van der Waals surface area (Å²) in [6, 6.07) is 0. The fourth-order valence-corrected chi connectivity index (χ4v) is 1.94. The van der Waals surface area contributed by atoms with Gasteiger partial charge in [-0.1, -0.05) is 22.6 Å². The van der Waals surface area contributed by atoms with Crippen LogP contribution in [0.5, 0.6) is 0 Å². The largest absolute Gasteiger partial charge is 0.479 e. The predicted molar refractivity (Wildman–Crippen MR) is 53.1 cm³/mol. The number of halogens is 1. The SMILES string of the molecule is COC1OC(C(=O)O)C(O)C(I)C1O. The smallest absolute Gasteiger partial charge is 0.335 e. The van der Waals surface area contributed by atoms with E-state index in [2.05, 4.69) is 0 Å². The highest BCUT2D eigenvalue weighted by Gasteiger charge is 2.46. The molecule has 0 aromatic heterocycles. The summed E-state index contributed by atoms with van der Waals surface area (Å²) in [5, 5.41) is 27.7. The molecule has 1 aliphatic rings. The van der Waals surface area contributed by atoms with Crippen LogP contribution in [0.4, 0.5) is 0 Å².